The Kier molecular flexibility index (Phi) is 7.18. The van der Waals surface area contributed by atoms with Crippen molar-refractivity contribution in [2.45, 2.75) is 70.3 Å². The third-order valence-electron chi connectivity index (χ3n) is 5.79. The summed E-state index contributed by atoms with van der Waals surface area (Å²) >= 11 is 0. The van der Waals surface area contributed by atoms with E-state index in [2.05, 4.69) is 19.1 Å². The van der Waals surface area contributed by atoms with Crippen molar-refractivity contribution in [1.82, 2.24) is 0 Å². The van der Waals surface area contributed by atoms with Gasteiger partial charge in [-0.1, -0.05) is 37.6 Å². The molecule has 0 heterocycles. The molecule has 0 fully saturated rings. The number of hydrogen-bond donors (Lipinski definition) is 0. The predicted molar refractivity (Wildman–Crippen MR) is 110 cm³/mol. The van der Waals surface area contributed by atoms with E-state index in [9.17, 15) is 4.79 Å². The molecule has 0 radical (unpaired) electrons. The third kappa shape index (κ3) is 4.98. The van der Waals surface area contributed by atoms with E-state index in [1.807, 2.05) is 24.3 Å². The second-order valence-corrected chi connectivity index (χ2v) is 7.69. The van der Waals surface area contributed by atoms with Gasteiger partial charge in [0, 0.05) is 6.42 Å². The van der Waals surface area contributed by atoms with Gasteiger partial charge in [-0.3, -0.25) is 0 Å². The fraction of sp³-hybridized carbons (Fsp3) is 0.542. The van der Waals surface area contributed by atoms with E-state index >= 15 is 0 Å². The molecule has 152 valence electrons. The van der Waals surface area contributed by atoms with Crippen LogP contribution >= 0.6 is 0 Å². The molecule has 2 aliphatic carbocycles. The van der Waals surface area contributed by atoms with E-state index in [1.165, 1.54) is 36.8 Å². The van der Waals surface area contributed by atoms with Crippen molar-refractivity contribution in [2.75, 3.05) is 13.7 Å². The van der Waals surface area contributed by atoms with Gasteiger partial charge in [-0.2, -0.15) is 0 Å². The molecule has 4 heteroatoms. The van der Waals surface area contributed by atoms with Crippen LogP contribution in [0.3, 0.4) is 0 Å². The summed E-state index contributed by atoms with van der Waals surface area (Å²) in [4.78, 5) is 12.4. The predicted octanol–water partition coefficient (Wildman–Crippen LogP) is 6.45. The fourth-order valence-corrected chi connectivity index (χ4v) is 4.05. The summed E-state index contributed by atoms with van der Waals surface area (Å²) in [6.45, 7) is 2.48. The van der Waals surface area contributed by atoms with Crippen molar-refractivity contribution in [2.24, 2.45) is 0 Å². The van der Waals surface area contributed by atoms with Gasteiger partial charge in [-0.05, 0) is 73.8 Å². The lowest BCUT2D eigenvalue weighted by Gasteiger charge is -2.37. The highest BCUT2D eigenvalue weighted by atomic mass is 16.7. The Balaban J connectivity index is 1.80. The van der Waals surface area contributed by atoms with Crippen LogP contribution in [0.1, 0.15) is 70.3 Å². The molecule has 3 rings (SSSR count). The van der Waals surface area contributed by atoms with Crippen molar-refractivity contribution >= 4 is 6.16 Å². The molecule has 0 bridgehead atoms. The molecule has 0 saturated heterocycles. The van der Waals surface area contributed by atoms with Crippen LogP contribution in [0.25, 0.3) is 0 Å². The minimum Gasteiger partial charge on any atom is -0.497 e. The van der Waals surface area contributed by atoms with Crippen molar-refractivity contribution in [3.05, 3.63) is 53.1 Å². The van der Waals surface area contributed by atoms with Gasteiger partial charge < -0.3 is 14.2 Å². The summed E-state index contributed by atoms with van der Waals surface area (Å²) in [6.07, 6.45) is 13.2. The standard InChI is InChI=1S/C24H32O4/c1-3-4-18-27-23(25)28-24(21-10-12-22(26-2)13-11-21)16-14-20(15-17-24)19-8-6-5-7-9-19/h8,10-14H,3-7,9,15-18H2,1-2H3. The molecule has 0 aromatic heterocycles. The smallest absolute Gasteiger partial charge is 0.497 e. The zero-order chi connectivity index (χ0) is 19.8. The average Bonchev–Trinajstić information content (AvgIpc) is 2.75. The number of rotatable bonds is 7. The van der Waals surface area contributed by atoms with Crippen LogP contribution in [0.15, 0.2) is 47.6 Å². The Labute approximate surface area is 168 Å². The Morgan fingerprint density at radius 2 is 1.86 bits per heavy atom. The second-order valence-electron chi connectivity index (χ2n) is 7.69. The van der Waals surface area contributed by atoms with Crippen LogP contribution in [0, 0.1) is 0 Å². The highest BCUT2D eigenvalue weighted by Gasteiger charge is 2.39. The van der Waals surface area contributed by atoms with Crippen molar-refractivity contribution in [1.29, 1.82) is 0 Å². The van der Waals surface area contributed by atoms with Crippen molar-refractivity contribution < 1.29 is 19.0 Å². The first-order valence-corrected chi connectivity index (χ1v) is 10.6. The number of allylic oxidation sites excluding steroid dienone is 3. The maximum absolute atomic E-state index is 12.4. The van der Waals surface area contributed by atoms with Crippen LogP contribution in [-0.4, -0.2) is 19.9 Å². The number of benzene rings is 1. The minimum atomic E-state index is -0.672. The molecule has 0 aliphatic heterocycles. The van der Waals surface area contributed by atoms with Crippen molar-refractivity contribution in [3.63, 3.8) is 0 Å². The topological polar surface area (TPSA) is 44.8 Å². The molecule has 0 saturated carbocycles. The Bertz CT molecular complexity index is 717. The van der Waals surface area contributed by atoms with E-state index in [4.69, 9.17) is 14.2 Å². The monoisotopic (exact) mass is 384 g/mol. The number of carbonyl (C=O) groups excluding carboxylic acids is 1. The second kappa shape index (κ2) is 9.81. The molecule has 0 spiro atoms. The van der Waals surface area contributed by atoms with Gasteiger partial charge in [-0.25, -0.2) is 4.79 Å². The number of hydrogen-bond acceptors (Lipinski definition) is 4. The van der Waals surface area contributed by atoms with Gasteiger partial charge in [0.1, 0.15) is 11.4 Å². The minimum absolute atomic E-state index is 0.405. The van der Waals surface area contributed by atoms with E-state index in [-0.39, 0.29) is 0 Å². The first-order chi connectivity index (χ1) is 13.7. The number of ether oxygens (including phenoxy) is 3. The molecule has 0 amide bonds. The van der Waals surface area contributed by atoms with Gasteiger partial charge in [-0.15, -0.1) is 0 Å². The average molecular weight is 385 g/mol. The molecule has 1 unspecified atom stereocenters. The van der Waals surface area contributed by atoms with Crippen molar-refractivity contribution in [3.8, 4) is 5.75 Å². The zero-order valence-electron chi connectivity index (χ0n) is 17.2. The summed E-state index contributed by atoms with van der Waals surface area (Å²) in [7, 11) is 1.65. The van der Waals surface area contributed by atoms with E-state index in [1.54, 1.807) is 7.11 Å². The van der Waals surface area contributed by atoms with Gasteiger partial charge in [0.2, 0.25) is 0 Å². The normalized spacial score (nSPS) is 22.1. The first kappa shape index (κ1) is 20.5. The molecular weight excluding hydrogens is 352 g/mol. The maximum atomic E-state index is 12.4. The summed E-state index contributed by atoms with van der Waals surface area (Å²) in [6, 6.07) is 7.84. The number of carbonyl (C=O) groups is 1. The molecular formula is C24H32O4. The maximum Gasteiger partial charge on any atom is 0.509 e. The lowest BCUT2D eigenvalue weighted by Crippen LogP contribution is -2.34. The molecule has 4 nitrogen and oxygen atoms in total. The largest absolute Gasteiger partial charge is 0.509 e. The number of unbranched alkanes of at least 4 members (excludes halogenated alkanes) is 1. The lowest BCUT2D eigenvalue weighted by atomic mass is 9.77. The summed E-state index contributed by atoms with van der Waals surface area (Å²) in [5, 5.41) is 0. The van der Waals surface area contributed by atoms with Gasteiger partial charge in [0.15, 0.2) is 0 Å². The van der Waals surface area contributed by atoms with Crippen LogP contribution in [0.4, 0.5) is 4.79 Å². The molecule has 0 N–H and O–H groups in total. The highest BCUT2D eigenvalue weighted by molar-refractivity contribution is 5.61. The Hall–Kier alpha value is -2.23. The van der Waals surface area contributed by atoms with E-state index in [0.29, 0.717) is 13.0 Å². The molecule has 1 aromatic rings. The zero-order valence-corrected chi connectivity index (χ0v) is 17.2. The molecule has 2 aliphatic rings. The quantitative estimate of drug-likeness (QED) is 0.400. The Morgan fingerprint density at radius 1 is 1.07 bits per heavy atom. The van der Waals surface area contributed by atoms with Gasteiger partial charge in [0.05, 0.1) is 13.7 Å². The van der Waals surface area contributed by atoms with Crippen LogP contribution in [0.5, 0.6) is 5.75 Å². The molecule has 1 aromatic carbocycles. The SMILES string of the molecule is CCCCOC(=O)OC1(c2ccc(OC)cc2)CC=C(C2=CCCCC2)CC1. The molecule has 28 heavy (non-hydrogen) atoms. The third-order valence-corrected chi connectivity index (χ3v) is 5.79. The lowest BCUT2D eigenvalue weighted by molar-refractivity contribution is -0.0453. The Morgan fingerprint density at radius 3 is 2.46 bits per heavy atom. The first-order valence-electron chi connectivity index (χ1n) is 10.6. The van der Waals surface area contributed by atoms with Crippen LogP contribution in [0.2, 0.25) is 0 Å². The molecule has 1 atom stereocenters. The highest BCUT2D eigenvalue weighted by Crippen LogP contribution is 2.43. The van der Waals surface area contributed by atoms with Crippen LogP contribution < -0.4 is 4.74 Å². The van der Waals surface area contributed by atoms with Gasteiger partial charge >= 0.3 is 6.16 Å². The summed E-state index contributed by atoms with van der Waals surface area (Å²) in [5.41, 5.74) is 3.23. The van der Waals surface area contributed by atoms with Crippen LogP contribution in [-0.2, 0) is 15.1 Å². The van der Waals surface area contributed by atoms with E-state index < -0.39 is 11.8 Å². The summed E-state index contributed by atoms with van der Waals surface area (Å²) < 4.78 is 16.5. The summed E-state index contributed by atoms with van der Waals surface area (Å²) in [5.74, 6) is 0.795. The van der Waals surface area contributed by atoms with E-state index in [0.717, 1.165) is 37.0 Å². The van der Waals surface area contributed by atoms with Gasteiger partial charge in [0.25, 0.3) is 0 Å². The fourth-order valence-electron chi connectivity index (χ4n) is 4.05. The number of methoxy groups -OCH3 is 1.